The number of benzene rings is 2. The normalized spacial score (nSPS) is 15.6. The van der Waals surface area contributed by atoms with Gasteiger partial charge in [0.2, 0.25) is 0 Å². The van der Waals surface area contributed by atoms with Crippen LogP contribution in [0.3, 0.4) is 0 Å². The average Bonchev–Trinajstić information content (AvgIpc) is 3.20. The quantitative estimate of drug-likeness (QED) is 0.539. The molecule has 2 heterocycles. The lowest BCUT2D eigenvalue weighted by Crippen LogP contribution is -2.25. The van der Waals surface area contributed by atoms with Crippen LogP contribution in [0.5, 0.6) is 0 Å². The first-order valence-corrected chi connectivity index (χ1v) is 13.3. The van der Waals surface area contributed by atoms with Gasteiger partial charge in [-0.05, 0) is 52.9 Å². The summed E-state index contributed by atoms with van der Waals surface area (Å²) in [6.45, 7) is 6.06. The fourth-order valence-corrected chi connectivity index (χ4v) is 5.11. The van der Waals surface area contributed by atoms with Crippen LogP contribution in [0.1, 0.15) is 58.2 Å². The molecule has 0 fully saturated rings. The third-order valence-corrected chi connectivity index (χ3v) is 7.34. The van der Waals surface area contributed by atoms with Crippen molar-refractivity contribution < 1.29 is 13.2 Å². The van der Waals surface area contributed by atoms with Gasteiger partial charge in [-0.15, -0.1) is 0 Å². The second-order valence-corrected chi connectivity index (χ2v) is 11.3. The number of nitrogens with zero attached hydrogens (tertiary/aromatic N) is 3. The molecule has 7 nitrogen and oxygen atoms in total. The van der Waals surface area contributed by atoms with E-state index in [9.17, 15) is 13.2 Å². The van der Waals surface area contributed by atoms with Gasteiger partial charge in [-0.1, -0.05) is 38.1 Å². The number of hydrogen-bond donors (Lipinski definition) is 1. The summed E-state index contributed by atoms with van der Waals surface area (Å²) in [6.07, 6.45) is 2.79. The summed E-state index contributed by atoms with van der Waals surface area (Å²) < 4.78 is 23.2. The molecule has 4 rings (SSSR count). The zero-order valence-corrected chi connectivity index (χ0v) is 20.8. The number of sulfone groups is 1. The molecule has 1 aromatic heterocycles. The molecule has 3 aromatic rings. The van der Waals surface area contributed by atoms with Gasteiger partial charge in [0.25, 0.3) is 5.91 Å². The molecule has 1 N–H and O–H groups in total. The lowest BCUT2D eigenvalue weighted by Gasteiger charge is -2.27. The van der Waals surface area contributed by atoms with Crippen LogP contribution in [-0.2, 0) is 29.5 Å². The number of amides is 1. The monoisotopic (exact) mass is 488 g/mol. The van der Waals surface area contributed by atoms with Crippen molar-refractivity contribution in [3.05, 3.63) is 94.3 Å². The summed E-state index contributed by atoms with van der Waals surface area (Å²) in [7, 11) is -3.25. The Morgan fingerprint density at radius 2 is 1.80 bits per heavy atom. The van der Waals surface area contributed by atoms with Gasteiger partial charge in [0.15, 0.2) is 9.84 Å². The van der Waals surface area contributed by atoms with Gasteiger partial charge in [0.05, 0.1) is 33.8 Å². The minimum Gasteiger partial charge on any atom is -0.348 e. The van der Waals surface area contributed by atoms with E-state index in [1.54, 1.807) is 30.5 Å². The molecule has 0 saturated heterocycles. The minimum absolute atomic E-state index is 0.145. The third-order valence-electron chi connectivity index (χ3n) is 6.22. The Morgan fingerprint density at radius 1 is 1.14 bits per heavy atom. The largest absolute Gasteiger partial charge is 0.348 e. The highest BCUT2D eigenvalue weighted by molar-refractivity contribution is 7.90. The second kappa shape index (κ2) is 9.98. The summed E-state index contributed by atoms with van der Waals surface area (Å²) >= 11 is 0. The van der Waals surface area contributed by atoms with E-state index in [2.05, 4.69) is 35.1 Å². The van der Waals surface area contributed by atoms with E-state index in [1.807, 2.05) is 30.3 Å². The average molecular weight is 489 g/mol. The van der Waals surface area contributed by atoms with E-state index in [0.29, 0.717) is 30.1 Å². The number of nitriles is 1. The maximum Gasteiger partial charge on any atom is 0.253 e. The summed E-state index contributed by atoms with van der Waals surface area (Å²) in [6, 6.07) is 18.3. The molecular weight excluding hydrogens is 460 g/mol. The minimum atomic E-state index is -3.25. The number of rotatable bonds is 7. The van der Waals surface area contributed by atoms with E-state index in [4.69, 9.17) is 5.26 Å². The summed E-state index contributed by atoms with van der Waals surface area (Å²) in [5.74, 6) is 0.121. The molecular formula is C27H28N4O3S. The number of carbonyl (C=O) groups is 1. The zero-order valence-electron chi connectivity index (χ0n) is 20.0. The predicted molar refractivity (Wildman–Crippen MR) is 133 cm³/mol. The lowest BCUT2D eigenvalue weighted by atomic mass is 9.99. The van der Waals surface area contributed by atoms with Gasteiger partial charge < -0.3 is 5.32 Å². The van der Waals surface area contributed by atoms with E-state index in [0.717, 1.165) is 28.9 Å². The van der Waals surface area contributed by atoms with E-state index < -0.39 is 9.84 Å². The smallest absolute Gasteiger partial charge is 0.253 e. The SMILES string of the molecule is CC(C)C1c2ncc(C(=O)NCc3ccc(S(C)(=O)=O)cc3)cc2CN1Cc1ccc(C#N)cc1. The standard InChI is InChI=1S/C27H28N4O3S/c1-18(2)26-25-23(17-31(26)16-21-6-4-19(13-28)5-7-21)12-22(15-29-25)27(32)30-14-20-8-10-24(11-9-20)35(3,33)34/h4-12,15,18,26H,14,16-17H2,1-3H3,(H,30,32). The van der Waals surface area contributed by atoms with Gasteiger partial charge in [0.1, 0.15) is 0 Å². The van der Waals surface area contributed by atoms with Gasteiger partial charge >= 0.3 is 0 Å². The number of aromatic nitrogens is 1. The lowest BCUT2D eigenvalue weighted by molar-refractivity contribution is 0.0950. The van der Waals surface area contributed by atoms with Crippen molar-refractivity contribution in [2.75, 3.05) is 6.26 Å². The Bertz CT molecular complexity index is 1380. The Kier molecular flexibility index (Phi) is 7.01. The highest BCUT2D eigenvalue weighted by atomic mass is 32.2. The Balaban J connectivity index is 1.46. The van der Waals surface area contributed by atoms with Crippen LogP contribution in [0, 0.1) is 17.2 Å². The van der Waals surface area contributed by atoms with E-state index in [-0.39, 0.29) is 16.8 Å². The predicted octanol–water partition coefficient (Wildman–Crippen LogP) is 4.00. The van der Waals surface area contributed by atoms with E-state index in [1.165, 1.54) is 6.26 Å². The molecule has 0 aliphatic carbocycles. The van der Waals surface area contributed by atoms with Crippen LogP contribution < -0.4 is 5.32 Å². The van der Waals surface area contributed by atoms with E-state index >= 15 is 0 Å². The topological polar surface area (TPSA) is 103 Å². The Morgan fingerprint density at radius 3 is 2.40 bits per heavy atom. The van der Waals surface area contributed by atoms with Gasteiger partial charge in [-0.2, -0.15) is 5.26 Å². The Labute approximate surface area is 206 Å². The second-order valence-electron chi connectivity index (χ2n) is 9.27. The molecule has 180 valence electrons. The molecule has 1 atom stereocenters. The first-order chi connectivity index (χ1) is 16.7. The molecule has 1 amide bonds. The number of carbonyl (C=O) groups excluding carboxylic acids is 1. The molecule has 0 saturated carbocycles. The van der Waals surface area contributed by atoms with Crippen LogP contribution >= 0.6 is 0 Å². The molecule has 1 aliphatic rings. The van der Waals surface area contributed by atoms with Gasteiger partial charge in [-0.3, -0.25) is 14.7 Å². The van der Waals surface area contributed by atoms with Crippen molar-refractivity contribution in [3.63, 3.8) is 0 Å². The fraction of sp³-hybridized carbons (Fsp3) is 0.296. The molecule has 0 spiro atoms. The number of hydrogen-bond acceptors (Lipinski definition) is 6. The molecule has 0 radical (unpaired) electrons. The maximum absolute atomic E-state index is 12.8. The van der Waals surface area contributed by atoms with Crippen molar-refractivity contribution in [1.82, 2.24) is 15.2 Å². The van der Waals surface area contributed by atoms with Crippen LogP contribution in [0.25, 0.3) is 0 Å². The van der Waals surface area contributed by atoms with Crippen LogP contribution in [-0.4, -0.2) is 30.5 Å². The number of nitrogens with one attached hydrogen (secondary N) is 1. The highest BCUT2D eigenvalue weighted by Crippen LogP contribution is 2.38. The van der Waals surface area contributed by atoms with Crippen molar-refractivity contribution in [2.24, 2.45) is 5.92 Å². The summed E-state index contributed by atoms with van der Waals surface area (Å²) in [5.41, 5.74) is 5.13. The molecule has 35 heavy (non-hydrogen) atoms. The number of fused-ring (bicyclic) bond motifs is 1. The van der Waals surface area contributed by atoms with Crippen LogP contribution in [0.15, 0.2) is 65.7 Å². The molecule has 1 unspecified atom stereocenters. The zero-order chi connectivity index (χ0) is 25.2. The van der Waals surface area contributed by atoms with Crippen molar-refractivity contribution in [2.45, 2.75) is 44.4 Å². The third kappa shape index (κ3) is 5.59. The maximum atomic E-state index is 12.8. The van der Waals surface area contributed by atoms with Crippen LogP contribution in [0.4, 0.5) is 0 Å². The summed E-state index contributed by atoms with van der Waals surface area (Å²) in [4.78, 5) is 20.1. The van der Waals surface area contributed by atoms with Crippen molar-refractivity contribution in [1.29, 1.82) is 5.26 Å². The molecule has 1 aliphatic heterocycles. The fourth-order valence-electron chi connectivity index (χ4n) is 4.48. The Hall–Kier alpha value is -3.54. The molecule has 2 aromatic carbocycles. The van der Waals surface area contributed by atoms with Crippen molar-refractivity contribution >= 4 is 15.7 Å². The van der Waals surface area contributed by atoms with Crippen molar-refractivity contribution in [3.8, 4) is 6.07 Å². The van der Waals surface area contributed by atoms with Gasteiger partial charge in [-0.25, -0.2) is 8.42 Å². The molecule has 8 heteroatoms. The highest BCUT2D eigenvalue weighted by Gasteiger charge is 2.34. The first-order valence-electron chi connectivity index (χ1n) is 11.4. The van der Waals surface area contributed by atoms with Crippen LogP contribution in [0.2, 0.25) is 0 Å². The van der Waals surface area contributed by atoms with Gasteiger partial charge in [0, 0.05) is 32.1 Å². The number of pyridine rings is 1. The summed E-state index contributed by atoms with van der Waals surface area (Å²) in [5, 5.41) is 11.9. The molecule has 0 bridgehead atoms. The first kappa shape index (κ1) is 24.6.